The van der Waals surface area contributed by atoms with Gasteiger partial charge in [-0.1, -0.05) is 30.5 Å². The number of halogens is 1. The molecular weight excluding hydrogens is 222 g/mol. The van der Waals surface area contributed by atoms with Gasteiger partial charge < -0.3 is 10.8 Å². The van der Waals surface area contributed by atoms with Crippen LogP contribution >= 0.6 is 12.4 Å². The maximum Gasteiger partial charge on any atom is 0.120 e. The van der Waals surface area contributed by atoms with Crippen molar-refractivity contribution in [3.63, 3.8) is 0 Å². The molecule has 0 aromatic heterocycles. The van der Waals surface area contributed by atoms with E-state index in [-0.39, 0.29) is 18.4 Å². The van der Waals surface area contributed by atoms with Crippen molar-refractivity contribution >= 4 is 12.4 Å². The summed E-state index contributed by atoms with van der Waals surface area (Å²) < 4.78 is 0. The third-order valence-electron chi connectivity index (χ3n) is 3.45. The zero-order valence-electron chi connectivity index (χ0n) is 9.65. The molecular formula is C13H20ClNO. The molecule has 1 saturated carbocycles. The Morgan fingerprint density at radius 3 is 2.56 bits per heavy atom. The Balaban J connectivity index is 0.00000128. The van der Waals surface area contributed by atoms with Crippen LogP contribution in [0.15, 0.2) is 18.2 Å². The second kappa shape index (κ2) is 5.55. The summed E-state index contributed by atoms with van der Waals surface area (Å²) in [5.41, 5.74) is 8.29. The highest BCUT2D eigenvalue weighted by atomic mass is 35.5. The summed E-state index contributed by atoms with van der Waals surface area (Å²) in [5, 5.41) is 9.79. The topological polar surface area (TPSA) is 46.2 Å². The average Bonchev–Trinajstić information content (AvgIpc) is 2.74. The number of aromatic hydroxyl groups is 1. The number of rotatable bonds is 2. The van der Waals surface area contributed by atoms with Crippen LogP contribution in [-0.4, -0.2) is 5.11 Å². The third kappa shape index (κ3) is 2.69. The Hall–Kier alpha value is -0.730. The van der Waals surface area contributed by atoms with Crippen LogP contribution in [0, 0.1) is 12.8 Å². The molecule has 0 saturated heterocycles. The van der Waals surface area contributed by atoms with Gasteiger partial charge in [-0.3, -0.25) is 0 Å². The first-order valence-corrected chi connectivity index (χ1v) is 5.73. The summed E-state index contributed by atoms with van der Waals surface area (Å²) in [7, 11) is 0. The summed E-state index contributed by atoms with van der Waals surface area (Å²) in [4.78, 5) is 0. The highest BCUT2D eigenvalue weighted by Crippen LogP contribution is 2.37. The molecule has 0 radical (unpaired) electrons. The number of aryl methyl sites for hydroxylation is 1. The van der Waals surface area contributed by atoms with Gasteiger partial charge in [0.15, 0.2) is 0 Å². The van der Waals surface area contributed by atoms with Crippen LogP contribution in [0.5, 0.6) is 5.75 Å². The van der Waals surface area contributed by atoms with Gasteiger partial charge in [-0.25, -0.2) is 0 Å². The third-order valence-corrected chi connectivity index (χ3v) is 3.45. The second-order valence-corrected chi connectivity index (χ2v) is 4.63. The van der Waals surface area contributed by atoms with Crippen LogP contribution in [0.25, 0.3) is 0 Å². The van der Waals surface area contributed by atoms with E-state index >= 15 is 0 Å². The van der Waals surface area contributed by atoms with Crippen molar-refractivity contribution in [2.75, 3.05) is 0 Å². The summed E-state index contributed by atoms with van der Waals surface area (Å²) in [6, 6.07) is 5.69. The molecule has 1 aromatic rings. The molecule has 1 aliphatic carbocycles. The maximum absolute atomic E-state index is 9.79. The Morgan fingerprint density at radius 2 is 1.94 bits per heavy atom. The predicted octanol–water partition coefficient (Wildman–Crippen LogP) is 3.31. The molecule has 1 aromatic carbocycles. The van der Waals surface area contributed by atoms with Crippen molar-refractivity contribution < 1.29 is 5.11 Å². The van der Waals surface area contributed by atoms with Gasteiger partial charge >= 0.3 is 0 Å². The van der Waals surface area contributed by atoms with E-state index in [0.717, 1.165) is 11.1 Å². The van der Waals surface area contributed by atoms with Gasteiger partial charge in [0, 0.05) is 11.6 Å². The van der Waals surface area contributed by atoms with Gasteiger partial charge in [0.05, 0.1) is 0 Å². The van der Waals surface area contributed by atoms with Crippen molar-refractivity contribution in [2.24, 2.45) is 11.7 Å². The minimum absolute atomic E-state index is 0. The standard InChI is InChI=1S/C13H19NO.ClH/c1-9-6-7-12(15)11(8-9)13(14)10-4-2-3-5-10;/h6-8,10,13,15H,2-5,14H2,1H3;1H/t13-;/m0./s1. The number of phenols is 1. The molecule has 2 nitrogen and oxygen atoms in total. The van der Waals surface area contributed by atoms with Gasteiger partial charge in [0.25, 0.3) is 0 Å². The van der Waals surface area contributed by atoms with E-state index in [4.69, 9.17) is 5.73 Å². The van der Waals surface area contributed by atoms with Gasteiger partial charge in [0.1, 0.15) is 5.75 Å². The zero-order valence-corrected chi connectivity index (χ0v) is 10.5. The lowest BCUT2D eigenvalue weighted by atomic mass is 9.91. The molecule has 0 spiro atoms. The van der Waals surface area contributed by atoms with E-state index in [1.54, 1.807) is 6.07 Å². The number of nitrogens with two attached hydrogens (primary N) is 1. The summed E-state index contributed by atoms with van der Waals surface area (Å²) in [5.74, 6) is 0.901. The quantitative estimate of drug-likeness (QED) is 0.835. The van der Waals surface area contributed by atoms with Crippen molar-refractivity contribution in [1.82, 2.24) is 0 Å². The molecule has 2 rings (SSSR count). The largest absolute Gasteiger partial charge is 0.508 e. The molecule has 0 aliphatic heterocycles. The van der Waals surface area contributed by atoms with Crippen LogP contribution < -0.4 is 5.73 Å². The smallest absolute Gasteiger partial charge is 0.120 e. The molecule has 0 bridgehead atoms. The fourth-order valence-electron chi connectivity index (χ4n) is 2.51. The molecule has 3 N–H and O–H groups in total. The lowest BCUT2D eigenvalue weighted by molar-refractivity contribution is 0.412. The molecule has 1 fully saturated rings. The van der Waals surface area contributed by atoms with Gasteiger partial charge in [-0.2, -0.15) is 0 Å². The van der Waals surface area contributed by atoms with E-state index in [1.807, 2.05) is 19.1 Å². The van der Waals surface area contributed by atoms with Gasteiger partial charge in [0.2, 0.25) is 0 Å². The lowest BCUT2D eigenvalue weighted by Gasteiger charge is -2.20. The van der Waals surface area contributed by atoms with E-state index in [1.165, 1.54) is 25.7 Å². The number of benzene rings is 1. The molecule has 90 valence electrons. The molecule has 1 aliphatic rings. The number of hydrogen-bond donors (Lipinski definition) is 2. The number of phenolic OH excluding ortho intramolecular Hbond substituents is 1. The monoisotopic (exact) mass is 241 g/mol. The van der Waals surface area contributed by atoms with Crippen molar-refractivity contribution in [3.05, 3.63) is 29.3 Å². The predicted molar refractivity (Wildman–Crippen MR) is 69.0 cm³/mol. The molecule has 0 amide bonds. The first-order valence-electron chi connectivity index (χ1n) is 5.73. The molecule has 3 heteroatoms. The normalized spacial score (nSPS) is 18.1. The Kier molecular flexibility index (Phi) is 4.63. The molecule has 16 heavy (non-hydrogen) atoms. The van der Waals surface area contributed by atoms with Crippen LogP contribution in [0.2, 0.25) is 0 Å². The Morgan fingerprint density at radius 1 is 1.31 bits per heavy atom. The van der Waals surface area contributed by atoms with E-state index in [9.17, 15) is 5.11 Å². The van der Waals surface area contributed by atoms with Crippen LogP contribution in [-0.2, 0) is 0 Å². The highest BCUT2D eigenvalue weighted by Gasteiger charge is 2.24. The van der Waals surface area contributed by atoms with Crippen LogP contribution in [0.4, 0.5) is 0 Å². The maximum atomic E-state index is 9.79. The van der Waals surface area contributed by atoms with Crippen LogP contribution in [0.3, 0.4) is 0 Å². The second-order valence-electron chi connectivity index (χ2n) is 4.63. The van der Waals surface area contributed by atoms with E-state index < -0.39 is 0 Å². The first-order chi connectivity index (χ1) is 7.18. The van der Waals surface area contributed by atoms with Crippen molar-refractivity contribution in [1.29, 1.82) is 0 Å². The molecule has 0 heterocycles. The Bertz CT molecular complexity index is 348. The minimum atomic E-state index is 0. The molecule has 0 unspecified atom stereocenters. The average molecular weight is 242 g/mol. The van der Waals surface area contributed by atoms with E-state index in [2.05, 4.69) is 0 Å². The van der Waals surface area contributed by atoms with Gasteiger partial charge in [-0.05, 0) is 31.7 Å². The minimum Gasteiger partial charge on any atom is -0.508 e. The lowest BCUT2D eigenvalue weighted by Crippen LogP contribution is -2.19. The summed E-state index contributed by atoms with van der Waals surface area (Å²) >= 11 is 0. The fraction of sp³-hybridized carbons (Fsp3) is 0.538. The fourth-order valence-corrected chi connectivity index (χ4v) is 2.51. The Labute approximate surface area is 103 Å². The SMILES string of the molecule is Cc1ccc(O)c([C@@H](N)C2CCCC2)c1.Cl. The van der Waals surface area contributed by atoms with Gasteiger partial charge in [-0.15, -0.1) is 12.4 Å². The van der Waals surface area contributed by atoms with Crippen molar-refractivity contribution in [2.45, 2.75) is 38.6 Å². The zero-order chi connectivity index (χ0) is 10.8. The molecule has 1 atom stereocenters. The first kappa shape index (κ1) is 13.3. The van der Waals surface area contributed by atoms with Crippen molar-refractivity contribution in [3.8, 4) is 5.75 Å². The summed E-state index contributed by atoms with van der Waals surface area (Å²) in [6.07, 6.45) is 4.97. The highest BCUT2D eigenvalue weighted by molar-refractivity contribution is 5.85. The van der Waals surface area contributed by atoms with Crippen LogP contribution in [0.1, 0.15) is 42.9 Å². The van der Waals surface area contributed by atoms with E-state index in [0.29, 0.717) is 11.7 Å². The number of hydrogen-bond acceptors (Lipinski definition) is 2. The summed E-state index contributed by atoms with van der Waals surface area (Å²) in [6.45, 7) is 2.03.